The molecule has 2 amide bonds. The Morgan fingerprint density at radius 2 is 1.68 bits per heavy atom. The van der Waals surface area contributed by atoms with Gasteiger partial charge in [0.2, 0.25) is 0 Å². The van der Waals surface area contributed by atoms with Gasteiger partial charge in [0.05, 0.1) is 0 Å². The standard InChI is InChI=1S/C17H16N2O3/c20-16(18-13-4-2-1-3-5-13)12-8-6-11(7-9-12)14-10-15(14)19-17(21)22/h1-9,14-15,19H,10H2,(H,18,20)(H,21,22). The van der Waals surface area contributed by atoms with Crippen molar-refractivity contribution in [2.45, 2.75) is 18.4 Å². The summed E-state index contributed by atoms with van der Waals surface area (Å²) in [4.78, 5) is 22.7. The Bertz CT molecular complexity index is 683. The number of rotatable bonds is 4. The molecule has 22 heavy (non-hydrogen) atoms. The summed E-state index contributed by atoms with van der Waals surface area (Å²) in [6.07, 6.45) is -0.187. The number of hydrogen-bond donors (Lipinski definition) is 3. The molecule has 2 atom stereocenters. The van der Waals surface area contributed by atoms with Crippen molar-refractivity contribution < 1.29 is 14.7 Å². The zero-order valence-electron chi connectivity index (χ0n) is 11.8. The van der Waals surface area contributed by atoms with Gasteiger partial charge in [-0.2, -0.15) is 0 Å². The van der Waals surface area contributed by atoms with Crippen molar-refractivity contribution in [2.75, 3.05) is 5.32 Å². The zero-order valence-corrected chi connectivity index (χ0v) is 11.8. The summed E-state index contributed by atoms with van der Waals surface area (Å²) in [5.41, 5.74) is 2.38. The van der Waals surface area contributed by atoms with Crippen LogP contribution in [0, 0.1) is 0 Å². The lowest BCUT2D eigenvalue weighted by molar-refractivity contribution is 0.102. The van der Waals surface area contributed by atoms with Crippen molar-refractivity contribution in [3.05, 3.63) is 65.7 Å². The highest BCUT2D eigenvalue weighted by Gasteiger charge is 2.39. The Labute approximate surface area is 128 Å². The highest BCUT2D eigenvalue weighted by molar-refractivity contribution is 6.04. The highest BCUT2D eigenvalue weighted by Crippen LogP contribution is 2.40. The Morgan fingerprint density at radius 3 is 2.32 bits per heavy atom. The SMILES string of the molecule is O=C(O)NC1CC1c1ccc(C(=O)Nc2ccccc2)cc1. The van der Waals surface area contributed by atoms with Gasteiger partial charge in [0, 0.05) is 23.2 Å². The number of amides is 2. The Kier molecular flexibility index (Phi) is 3.78. The fourth-order valence-electron chi connectivity index (χ4n) is 2.49. The van der Waals surface area contributed by atoms with E-state index in [2.05, 4.69) is 10.6 Å². The van der Waals surface area contributed by atoms with Gasteiger partial charge in [0.1, 0.15) is 0 Å². The number of benzene rings is 2. The fraction of sp³-hybridized carbons (Fsp3) is 0.176. The van der Waals surface area contributed by atoms with E-state index in [0.717, 1.165) is 17.7 Å². The molecule has 0 heterocycles. The lowest BCUT2D eigenvalue weighted by atomic mass is 10.1. The molecule has 0 bridgehead atoms. The van der Waals surface area contributed by atoms with Gasteiger partial charge in [0.25, 0.3) is 5.91 Å². The summed E-state index contributed by atoms with van der Waals surface area (Å²) in [5.74, 6) is 0.0519. The van der Waals surface area contributed by atoms with Crippen LogP contribution in [0.4, 0.5) is 10.5 Å². The van der Waals surface area contributed by atoms with Crippen LogP contribution in [0.25, 0.3) is 0 Å². The first-order valence-corrected chi connectivity index (χ1v) is 7.09. The van der Waals surface area contributed by atoms with Crippen molar-refractivity contribution in [1.82, 2.24) is 5.32 Å². The van der Waals surface area contributed by atoms with Gasteiger partial charge in [-0.3, -0.25) is 4.79 Å². The lowest BCUT2D eigenvalue weighted by Gasteiger charge is -2.06. The van der Waals surface area contributed by atoms with Crippen LogP contribution in [0.1, 0.15) is 28.3 Å². The zero-order chi connectivity index (χ0) is 15.5. The number of para-hydroxylation sites is 1. The predicted octanol–water partition coefficient (Wildman–Crippen LogP) is 3.06. The molecule has 0 aromatic heterocycles. The van der Waals surface area contributed by atoms with Gasteiger partial charge < -0.3 is 15.7 Å². The van der Waals surface area contributed by atoms with E-state index in [0.29, 0.717) is 5.56 Å². The number of nitrogens with one attached hydrogen (secondary N) is 2. The normalized spacial score (nSPS) is 19.3. The molecule has 0 aliphatic heterocycles. The second kappa shape index (κ2) is 5.89. The quantitative estimate of drug-likeness (QED) is 0.811. The van der Waals surface area contributed by atoms with E-state index in [1.165, 1.54) is 0 Å². The van der Waals surface area contributed by atoms with Gasteiger partial charge in [-0.25, -0.2) is 4.79 Å². The molecule has 2 aromatic rings. The molecule has 0 spiro atoms. The van der Waals surface area contributed by atoms with Crippen LogP contribution in [0.3, 0.4) is 0 Å². The maximum absolute atomic E-state index is 12.1. The van der Waals surface area contributed by atoms with E-state index in [-0.39, 0.29) is 17.9 Å². The summed E-state index contributed by atoms with van der Waals surface area (Å²) in [6, 6.07) is 16.6. The maximum Gasteiger partial charge on any atom is 0.404 e. The number of hydrogen-bond acceptors (Lipinski definition) is 2. The van der Waals surface area contributed by atoms with Crippen molar-refractivity contribution in [3.8, 4) is 0 Å². The Hall–Kier alpha value is -2.82. The first-order chi connectivity index (χ1) is 10.6. The third-order valence-electron chi connectivity index (χ3n) is 3.73. The molecule has 0 saturated heterocycles. The van der Waals surface area contributed by atoms with Crippen LogP contribution in [0.5, 0.6) is 0 Å². The maximum atomic E-state index is 12.1. The number of carbonyl (C=O) groups excluding carboxylic acids is 1. The van der Waals surface area contributed by atoms with Crippen molar-refractivity contribution >= 4 is 17.7 Å². The summed E-state index contributed by atoms with van der Waals surface area (Å²) in [7, 11) is 0. The van der Waals surface area contributed by atoms with E-state index in [9.17, 15) is 9.59 Å². The minimum absolute atomic E-state index is 0.0125. The van der Waals surface area contributed by atoms with Crippen molar-refractivity contribution in [3.63, 3.8) is 0 Å². The molecule has 2 aromatic carbocycles. The fourth-order valence-corrected chi connectivity index (χ4v) is 2.49. The smallest absolute Gasteiger partial charge is 0.404 e. The molecule has 1 aliphatic carbocycles. The largest absolute Gasteiger partial charge is 0.465 e. The molecule has 5 nitrogen and oxygen atoms in total. The molecular formula is C17H16N2O3. The number of carboxylic acid groups (broad SMARTS) is 1. The van der Waals surface area contributed by atoms with E-state index in [1.54, 1.807) is 12.1 Å². The molecule has 5 heteroatoms. The minimum Gasteiger partial charge on any atom is -0.465 e. The summed E-state index contributed by atoms with van der Waals surface area (Å²) >= 11 is 0. The average Bonchev–Trinajstić information content (AvgIpc) is 3.27. The van der Waals surface area contributed by atoms with E-state index >= 15 is 0 Å². The van der Waals surface area contributed by atoms with Crippen LogP contribution in [-0.2, 0) is 0 Å². The summed E-state index contributed by atoms with van der Waals surface area (Å²) in [5, 5.41) is 14.0. The molecule has 3 N–H and O–H groups in total. The second-order valence-electron chi connectivity index (χ2n) is 5.34. The molecule has 1 aliphatic rings. The highest BCUT2D eigenvalue weighted by atomic mass is 16.4. The van der Waals surface area contributed by atoms with Gasteiger partial charge in [-0.05, 0) is 36.2 Å². The number of carbonyl (C=O) groups is 2. The Balaban J connectivity index is 1.62. The molecule has 1 fully saturated rings. The molecule has 2 unspecified atom stereocenters. The predicted molar refractivity (Wildman–Crippen MR) is 83.1 cm³/mol. The lowest BCUT2D eigenvalue weighted by Crippen LogP contribution is -2.24. The van der Waals surface area contributed by atoms with Crippen LogP contribution < -0.4 is 10.6 Å². The molecule has 112 valence electrons. The third-order valence-corrected chi connectivity index (χ3v) is 3.73. The molecule has 3 rings (SSSR count). The topological polar surface area (TPSA) is 78.4 Å². The molecule has 0 radical (unpaired) electrons. The summed E-state index contributed by atoms with van der Waals surface area (Å²) < 4.78 is 0. The van der Waals surface area contributed by atoms with E-state index in [1.807, 2.05) is 42.5 Å². The van der Waals surface area contributed by atoms with Gasteiger partial charge in [-0.1, -0.05) is 30.3 Å². The summed E-state index contributed by atoms with van der Waals surface area (Å²) in [6.45, 7) is 0. The van der Waals surface area contributed by atoms with Gasteiger partial charge >= 0.3 is 6.09 Å². The van der Waals surface area contributed by atoms with Gasteiger partial charge in [0.15, 0.2) is 0 Å². The van der Waals surface area contributed by atoms with Crippen molar-refractivity contribution in [1.29, 1.82) is 0 Å². The van der Waals surface area contributed by atoms with Crippen LogP contribution in [0.15, 0.2) is 54.6 Å². The monoisotopic (exact) mass is 296 g/mol. The second-order valence-corrected chi connectivity index (χ2v) is 5.34. The average molecular weight is 296 g/mol. The van der Waals surface area contributed by atoms with Gasteiger partial charge in [-0.15, -0.1) is 0 Å². The first-order valence-electron chi connectivity index (χ1n) is 7.09. The first kappa shape index (κ1) is 14.1. The molecular weight excluding hydrogens is 280 g/mol. The minimum atomic E-state index is -0.994. The van der Waals surface area contributed by atoms with Crippen molar-refractivity contribution in [2.24, 2.45) is 0 Å². The van der Waals surface area contributed by atoms with E-state index in [4.69, 9.17) is 5.11 Å². The third kappa shape index (κ3) is 3.25. The van der Waals surface area contributed by atoms with E-state index < -0.39 is 6.09 Å². The molecule has 1 saturated carbocycles. The Morgan fingerprint density at radius 1 is 1.00 bits per heavy atom. The van der Waals surface area contributed by atoms with Crippen LogP contribution >= 0.6 is 0 Å². The van der Waals surface area contributed by atoms with Crippen LogP contribution in [-0.4, -0.2) is 23.1 Å². The van der Waals surface area contributed by atoms with Crippen LogP contribution in [0.2, 0.25) is 0 Å². The number of anilines is 1.